The van der Waals surface area contributed by atoms with Gasteiger partial charge in [-0.1, -0.05) is 163 Å². The summed E-state index contributed by atoms with van der Waals surface area (Å²) < 4.78 is 5.11. The van der Waals surface area contributed by atoms with Crippen LogP contribution in [0.1, 0.15) is 52.7 Å². The van der Waals surface area contributed by atoms with Crippen LogP contribution in [0, 0.1) is 0 Å². The lowest BCUT2D eigenvalue weighted by molar-refractivity contribution is 0.591. The van der Waals surface area contributed by atoms with Crippen molar-refractivity contribution in [1.29, 1.82) is 0 Å². The zero-order valence-electron chi connectivity index (χ0n) is 42.4. The van der Waals surface area contributed by atoms with Crippen molar-refractivity contribution in [2.75, 3.05) is 9.80 Å². The first-order chi connectivity index (χ1) is 36.0. The van der Waals surface area contributed by atoms with E-state index in [9.17, 15) is 0 Å². The predicted molar refractivity (Wildman–Crippen MR) is 315 cm³/mol. The number of aromatic nitrogens is 3. The Hall–Kier alpha value is -8.93. The van der Waals surface area contributed by atoms with Gasteiger partial charge in [0.1, 0.15) is 5.65 Å². The van der Waals surface area contributed by atoms with Gasteiger partial charge in [-0.2, -0.15) is 0 Å². The molecule has 10 aromatic carbocycles. The maximum Gasteiger partial charge on any atom is 0.146 e. The number of benzene rings is 10. The van der Waals surface area contributed by atoms with Crippen molar-refractivity contribution in [2.24, 2.45) is 0 Å². The standard InChI is InChI=1S/C69H53N5/c1-68(2,3)44-38-54-55-41-58-61(70-67(55)74-62(54)56(39-44)60-50-33-21-19-24-43(50)36-59(66(60)74)71(46-25-11-7-12-26-46)47-27-13-8-14-28-47)57-40-45(69(4,5)6)37-53-52-35-42-23-20-22-34-51(42)64(65(52)73(58)63(53)57)72(48-29-15-9-16-30-48)49-31-17-10-18-32-49/h7-41H,1-6H3. The zero-order chi connectivity index (χ0) is 49.8. The summed E-state index contributed by atoms with van der Waals surface area (Å²) in [6.07, 6.45) is 0. The molecular formula is C69H53N5. The first kappa shape index (κ1) is 42.7. The Morgan fingerprint density at radius 3 is 1.36 bits per heavy atom. The van der Waals surface area contributed by atoms with Crippen molar-refractivity contribution in [3.63, 3.8) is 0 Å². The first-order valence-corrected chi connectivity index (χ1v) is 26.0. The lowest BCUT2D eigenvalue weighted by atomic mass is 9.85. The normalized spacial score (nSPS) is 12.7. The predicted octanol–water partition coefficient (Wildman–Crippen LogP) is 19.2. The van der Waals surface area contributed by atoms with E-state index in [1.54, 1.807) is 0 Å². The largest absolute Gasteiger partial charge is 0.308 e. The molecule has 5 nitrogen and oxygen atoms in total. The van der Waals surface area contributed by atoms with Crippen molar-refractivity contribution >= 4 is 132 Å². The summed E-state index contributed by atoms with van der Waals surface area (Å²) >= 11 is 0. The Labute approximate surface area is 429 Å². The molecule has 5 heteroatoms. The summed E-state index contributed by atoms with van der Waals surface area (Å²) in [4.78, 5) is 11.0. The van der Waals surface area contributed by atoms with E-state index in [-0.39, 0.29) is 10.8 Å². The smallest absolute Gasteiger partial charge is 0.146 e. The number of anilines is 6. The van der Waals surface area contributed by atoms with Crippen LogP contribution in [0.2, 0.25) is 0 Å². The van der Waals surface area contributed by atoms with Crippen LogP contribution < -0.4 is 9.80 Å². The number of fused-ring (bicyclic) bond motifs is 15. The molecule has 15 aromatic rings. The van der Waals surface area contributed by atoms with Gasteiger partial charge in [-0.05, 0) is 129 Å². The van der Waals surface area contributed by atoms with Gasteiger partial charge in [0.05, 0.1) is 44.5 Å². The van der Waals surface area contributed by atoms with Crippen LogP contribution in [0.4, 0.5) is 34.1 Å². The van der Waals surface area contributed by atoms with E-state index >= 15 is 0 Å². The summed E-state index contributed by atoms with van der Waals surface area (Å²) in [6, 6.07) is 78.5. The van der Waals surface area contributed by atoms with Gasteiger partial charge < -0.3 is 14.2 Å². The Morgan fingerprint density at radius 2 is 0.797 bits per heavy atom. The lowest BCUT2D eigenvalue weighted by Gasteiger charge is -2.28. The molecular weight excluding hydrogens is 899 g/mol. The van der Waals surface area contributed by atoms with E-state index in [0.29, 0.717) is 0 Å². The maximum atomic E-state index is 6.12. The van der Waals surface area contributed by atoms with E-state index in [1.807, 2.05) is 0 Å². The highest BCUT2D eigenvalue weighted by atomic mass is 15.2. The van der Waals surface area contributed by atoms with Gasteiger partial charge in [-0.15, -0.1) is 0 Å². The molecule has 0 aliphatic carbocycles. The molecule has 354 valence electrons. The zero-order valence-corrected chi connectivity index (χ0v) is 42.4. The lowest BCUT2D eigenvalue weighted by Crippen LogP contribution is -2.11. The summed E-state index contributed by atoms with van der Waals surface area (Å²) in [7, 11) is 0. The number of pyridine rings is 1. The van der Waals surface area contributed by atoms with Gasteiger partial charge in [-0.25, -0.2) is 4.98 Å². The van der Waals surface area contributed by atoms with E-state index in [4.69, 9.17) is 4.98 Å². The molecule has 0 N–H and O–H groups in total. The molecule has 0 bridgehead atoms. The Morgan fingerprint density at radius 1 is 0.351 bits per heavy atom. The van der Waals surface area contributed by atoms with Crippen molar-refractivity contribution in [1.82, 2.24) is 13.8 Å². The second kappa shape index (κ2) is 15.3. The van der Waals surface area contributed by atoms with Crippen LogP contribution >= 0.6 is 0 Å². The fourth-order valence-corrected chi connectivity index (χ4v) is 12.4. The van der Waals surface area contributed by atoms with Crippen LogP contribution in [0.3, 0.4) is 0 Å². The van der Waals surface area contributed by atoms with Gasteiger partial charge >= 0.3 is 0 Å². The summed E-state index contributed by atoms with van der Waals surface area (Å²) in [6.45, 7) is 14.0. The van der Waals surface area contributed by atoms with Crippen molar-refractivity contribution < 1.29 is 0 Å². The van der Waals surface area contributed by atoms with Crippen molar-refractivity contribution in [3.05, 3.63) is 223 Å². The fourth-order valence-electron chi connectivity index (χ4n) is 12.4. The number of hydrogen-bond donors (Lipinski definition) is 0. The van der Waals surface area contributed by atoms with Crippen molar-refractivity contribution in [2.45, 2.75) is 52.4 Å². The third-order valence-electron chi connectivity index (χ3n) is 15.9. The second-order valence-corrected chi connectivity index (χ2v) is 22.4. The Bertz CT molecular complexity index is 4600. The topological polar surface area (TPSA) is 28.2 Å². The minimum atomic E-state index is -0.130. The number of hydrogen-bond acceptors (Lipinski definition) is 3. The first-order valence-electron chi connectivity index (χ1n) is 26.0. The molecule has 0 unspecified atom stereocenters. The second-order valence-electron chi connectivity index (χ2n) is 22.4. The van der Waals surface area contributed by atoms with Gasteiger partial charge in [0.2, 0.25) is 0 Å². The SMILES string of the molecule is CC(C)(C)c1cc2c3cc4ccccc4c(N(c4ccccc4)c4ccccc4)c3n3c4cc5c6cc(C(C)(C)C)cc7c8c9ccccc9cc(N(c9ccccc9)c9ccccc9)c8n(c5nc4c(c1)c23)c67. The third kappa shape index (κ3) is 6.01. The maximum absolute atomic E-state index is 6.12. The molecule has 0 radical (unpaired) electrons. The quantitative estimate of drug-likeness (QED) is 0.166. The molecule has 5 heterocycles. The highest BCUT2D eigenvalue weighted by Gasteiger charge is 2.32. The van der Waals surface area contributed by atoms with Crippen LogP contribution in [-0.4, -0.2) is 13.8 Å². The Balaban J connectivity index is 1.18. The number of nitrogens with zero attached hydrogens (tertiary/aromatic N) is 5. The fraction of sp³-hybridized carbons (Fsp3) is 0.116. The van der Waals surface area contributed by atoms with Gasteiger partial charge in [-0.3, -0.25) is 4.40 Å². The van der Waals surface area contributed by atoms with E-state index in [0.717, 1.165) is 61.7 Å². The molecule has 0 amide bonds. The third-order valence-corrected chi connectivity index (χ3v) is 15.9. The van der Waals surface area contributed by atoms with Crippen LogP contribution in [-0.2, 0) is 10.8 Å². The molecule has 74 heavy (non-hydrogen) atoms. The minimum Gasteiger partial charge on any atom is -0.308 e. The molecule has 0 aliphatic heterocycles. The minimum absolute atomic E-state index is 0.129. The molecule has 15 rings (SSSR count). The van der Waals surface area contributed by atoms with Crippen LogP contribution in [0.25, 0.3) is 98.0 Å². The van der Waals surface area contributed by atoms with Crippen LogP contribution in [0.5, 0.6) is 0 Å². The average molecular weight is 952 g/mol. The number of para-hydroxylation sites is 4. The van der Waals surface area contributed by atoms with E-state index in [2.05, 4.69) is 272 Å². The molecule has 0 fully saturated rings. The Kier molecular flexibility index (Phi) is 8.83. The summed E-state index contributed by atoms with van der Waals surface area (Å²) in [5.41, 5.74) is 16.8. The monoisotopic (exact) mass is 951 g/mol. The molecule has 0 atom stereocenters. The highest BCUT2D eigenvalue weighted by molar-refractivity contribution is 6.33. The van der Waals surface area contributed by atoms with Crippen LogP contribution in [0.15, 0.2) is 212 Å². The summed E-state index contributed by atoms with van der Waals surface area (Å²) in [5.74, 6) is 0. The molecule has 0 spiro atoms. The highest BCUT2D eigenvalue weighted by Crippen LogP contribution is 2.53. The van der Waals surface area contributed by atoms with Gasteiger partial charge in [0, 0.05) is 65.8 Å². The van der Waals surface area contributed by atoms with E-state index < -0.39 is 0 Å². The molecule has 5 aromatic heterocycles. The molecule has 0 saturated heterocycles. The van der Waals surface area contributed by atoms with Crippen molar-refractivity contribution in [3.8, 4) is 0 Å². The average Bonchev–Trinajstić information content (AvgIpc) is 4.21. The molecule has 0 aliphatic rings. The number of rotatable bonds is 6. The molecule has 0 saturated carbocycles. The van der Waals surface area contributed by atoms with Gasteiger partial charge in [0.15, 0.2) is 0 Å². The van der Waals surface area contributed by atoms with E-state index in [1.165, 1.54) is 81.5 Å². The van der Waals surface area contributed by atoms with Gasteiger partial charge in [0.25, 0.3) is 0 Å². The summed E-state index contributed by atoms with van der Waals surface area (Å²) in [5, 5.41) is 13.3.